The van der Waals surface area contributed by atoms with E-state index < -0.39 is 42.0 Å². The number of para-hydroxylation sites is 1. The smallest absolute Gasteiger partial charge is 0.326 e. The molecule has 5 atom stereocenters. The lowest BCUT2D eigenvalue weighted by atomic mass is 9.89. The minimum absolute atomic E-state index is 0.228. The molecule has 0 spiro atoms. The van der Waals surface area contributed by atoms with E-state index >= 15 is 0 Å². The quantitative estimate of drug-likeness (QED) is 0.355. The first-order valence-electron chi connectivity index (χ1n) is 13.5. The second kappa shape index (κ2) is 10.2. The Hall–Kier alpha value is -4.14. The van der Waals surface area contributed by atoms with Gasteiger partial charge in [-0.05, 0) is 35.1 Å². The van der Waals surface area contributed by atoms with E-state index in [1.807, 2.05) is 49.4 Å². The van der Waals surface area contributed by atoms with Crippen molar-refractivity contribution in [2.45, 2.75) is 64.7 Å². The number of nitrogens with one attached hydrogen (secondary N) is 3. The highest BCUT2D eigenvalue weighted by Crippen LogP contribution is 2.46. The number of hydrogen-bond acceptors (Lipinski definition) is 4. The highest BCUT2D eigenvalue weighted by Gasteiger charge is 2.49. The van der Waals surface area contributed by atoms with Gasteiger partial charge in [0.2, 0.25) is 11.8 Å². The minimum atomic E-state index is -1.12. The van der Waals surface area contributed by atoms with Gasteiger partial charge in [-0.1, -0.05) is 70.5 Å². The molecule has 9 nitrogen and oxygen atoms in total. The summed E-state index contributed by atoms with van der Waals surface area (Å²) in [6, 6.07) is 11.9. The van der Waals surface area contributed by atoms with Crippen molar-refractivity contribution in [3.8, 4) is 0 Å². The average molecular weight is 531 g/mol. The molecule has 1 aromatic heterocycles. The first kappa shape index (κ1) is 26.5. The molecule has 5 unspecified atom stereocenters. The summed E-state index contributed by atoms with van der Waals surface area (Å²) in [5.74, 6) is -2.93. The van der Waals surface area contributed by atoms with Gasteiger partial charge in [-0.15, -0.1) is 0 Å². The van der Waals surface area contributed by atoms with Gasteiger partial charge in [0.1, 0.15) is 18.1 Å². The molecule has 3 amide bonds. The molecule has 0 saturated carbocycles. The van der Waals surface area contributed by atoms with Crippen molar-refractivity contribution >= 4 is 34.6 Å². The Kier molecular flexibility index (Phi) is 6.92. The van der Waals surface area contributed by atoms with Crippen LogP contribution in [0, 0.1) is 11.8 Å². The maximum Gasteiger partial charge on any atom is 0.326 e. The molecule has 0 saturated heterocycles. The Bertz CT molecular complexity index is 1460. The van der Waals surface area contributed by atoms with E-state index in [-0.39, 0.29) is 17.7 Å². The molecule has 39 heavy (non-hydrogen) atoms. The Morgan fingerprint density at radius 3 is 2.41 bits per heavy atom. The third-order valence-electron chi connectivity index (χ3n) is 8.18. The number of carbonyl (C=O) groups excluding carboxylic acids is 3. The van der Waals surface area contributed by atoms with Gasteiger partial charge in [0, 0.05) is 28.6 Å². The van der Waals surface area contributed by atoms with Crippen LogP contribution in [0.3, 0.4) is 0 Å². The summed E-state index contributed by atoms with van der Waals surface area (Å²) in [6.07, 6.45) is 0.864. The minimum Gasteiger partial charge on any atom is -0.480 e. The number of aromatic nitrogens is 1. The van der Waals surface area contributed by atoms with Crippen LogP contribution in [0.4, 0.5) is 0 Å². The monoisotopic (exact) mass is 530 g/mol. The standard InChI is InChI=1S/C30H34N4O5/c1-5-16(4)24(30(38)39)33-28(36)23(15(2)3)32-27(35)22-14-20-17-10-8-9-13-21(17)31-25(20)26-18-11-6-7-12-19(18)29(37)34(22)26/h6-13,15-16,22-24,26,31H,5,14H2,1-4H3,(H,32,35)(H,33,36)(H,38,39). The van der Waals surface area contributed by atoms with Crippen LogP contribution >= 0.6 is 0 Å². The van der Waals surface area contributed by atoms with Crippen molar-refractivity contribution < 1.29 is 24.3 Å². The molecule has 3 aromatic rings. The van der Waals surface area contributed by atoms with E-state index in [2.05, 4.69) is 15.6 Å². The molecule has 0 radical (unpaired) electrons. The van der Waals surface area contributed by atoms with Crippen LogP contribution in [0.5, 0.6) is 0 Å². The molecule has 204 valence electrons. The summed E-state index contributed by atoms with van der Waals surface area (Å²) < 4.78 is 0. The fraction of sp³-hybridized carbons (Fsp3) is 0.400. The number of amides is 3. The summed E-state index contributed by atoms with van der Waals surface area (Å²) in [5.41, 5.74) is 4.20. The molecular formula is C30H34N4O5. The molecule has 5 rings (SSSR count). The maximum atomic E-state index is 13.9. The lowest BCUT2D eigenvalue weighted by Crippen LogP contribution is -2.59. The van der Waals surface area contributed by atoms with E-state index in [1.54, 1.807) is 31.7 Å². The molecule has 0 bridgehead atoms. The second-order valence-corrected chi connectivity index (χ2v) is 10.9. The SMILES string of the molecule is CCC(C)C(NC(=O)C(NC(=O)C1Cc2c([nH]c3ccccc23)C2c3ccccc3C(=O)N12)C(C)C)C(=O)O. The van der Waals surface area contributed by atoms with Gasteiger partial charge >= 0.3 is 5.97 Å². The highest BCUT2D eigenvalue weighted by atomic mass is 16.4. The third-order valence-corrected chi connectivity index (χ3v) is 8.18. The number of benzene rings is 2. The Morgan fingerprint density at radius 2 is 1.72 bits per heavy atom. The van der Waals surface area contributed by atoms with Crippen molar-refractivity contribution in [2.24, 2.45) is 11.8 Å². The average Bonchev–Trinajstić information content (AvgIpc) is 3.44. The normalized spacial score (nSPS) is 20.1. The largest absolute Gasteiger partial charge is 0.480 e. The van der Waals surface area contributed by atoms with E-state index in [0.717, 1.165) is 27.7 Å². The van der Waals surface area contributed by atoms with Crippen molar-refractivity contribution in [2.75, 3.05) is 0 Å². The Labute approximate surface area is 227 Å². The number of carboxylic acids is 1. The zero-order chi connectivity index (χ0) is 28.0. The first-order valence-corrected chi connectivity index (χ1v) is 13.5. The number of rotatable bonds is 8. The number of H-pyrrole nitrogens is 1. The zero-order valence-corrected chi connectivity index (χ0v) is 22.5. The van der Waals surface area contributed by atoms with Gasteiger partial charge in [0.05, 0.1) is 6.04 Å². The third kappa shape index (κ3) is 4.45. The summed E-state index contributed by atoms with van der Waals surface area (Å²) in [6.45, 7) is 7.21. The predicted octanol–water partition coefficient (Wildman–Crippen LogP) is 3.39. The molecule has 0 fully saturated rings. The summed E-state index contributed by atoms with van der Waals surface area (Å²) in [5, 5.41) is 16.1. The van der Waals surface area contributed by atoms with Crippen LogP contribution in [0.25, 0.3) is 10.9 Å². The molecule has 2 aliphatic rings. The Balaban J connectivity index is 1.49. The van der Waals surface area contributed by atoms with E-state index in [9.17, 15) is 24.3 Å². The highest BCUT2D eigenvalue weighted by molar-refractivity contribution is 6.04. The number of fused-ring (bicyclic) bond motifs is 7. The predicted molar refractivity (Wildman–Crippen MR) is 146 cm³/mol. The van der Waals surface area contributed by atoms with E-state index in [4.69, 9.17) is 0 Å². The lowest BCUT2D eigenvalue weighted by molar-refractivity contribution is -0.144. The fourth-order valence-corrected chi connectivity index (χ4v) is 5.85. The topological polar surface area (TPSA) is 132 Å². The van der Waals surface area contributed by atoms with Crippen LogP contribution in [-0.2, 0) is 20.8 Å². The molecule has 2 aromatic carbocycles. The van der Waals surface area contributed by atoms with Gasteiger partial charge < -0.3 is 25.6 Å². The fourth-order valence-electron chi connectivity index (χ4n) is 5.85. The number of carbonyl (C=O) groups is 4. The van der Waals surface area contributed by atoms with Gasteiger partial charge in [-0.25, -0.2) is 4.79 Å². The first-order chi connectivity index (χ1) is 18.6. The van der Waals surface area contributed by atoms with Crippen LogP contribution in [0.2, 0.25) is 0 Å². The molecular weight excluding hydrogens is 496 g/mol. The second-order valence-electron chi connectivity index (χ2n) is 10.9. The Morgan fingerprint density at radius 1 is 1.03 bits per heavy atom. The number of aliphatic carboxylic acids is 1. The molecule has 2 aliphatic heterocycles. The molecule has 4 N–H and O–H groups in total. The summed E-state index contributed by atoms with van der Waals surface area (Å²) in [7, 11) is 0. The number of carboxylic acid groups (broad SMARTS) is 1. The van der Waals surface area contributed by atoms with Crippen LogP contribution in [0.15, 0.2) is 48.5 Å². The zero-order valence-electron chi connectivity index (χ0n) is 22.5. The van der Waals surface area contributed by atoms with Crippen LogP contribution in [0.1, 0.15) is 67.3 Å². The van der Waals surface area contributed by atoms with Crippen molar-refractivity contribution in [3.63, 3.8) is 0 Å². The van der Waals surface area contributed by atoms with Gasteiger partial charge in [0.15, 0.2) is 0 Å². The van der Waals surface area contributed by atoms with Crippen LogP contribution in [-0.4, -0.2) is 56.8 Å². The van der Waals surface area contributed by atoms with Gasteiger partial charge in [-0.3, -0.25) is 14.4 Å². The van der Waals surface area contributed by atoms with Gasteiger partial charge in [0.25, 0.3) is 5.91 Å². The van der Waals surface area contributed by atoms with Crippen molar-refractivity contribution in [1.29, 1.82) is 0 Å². The summed E-state index contributed by atoms with van der Waals surface area (Å²) in [4.78, 5) is 57.8. The van der Waals surface area contributed by atoms with Crippen molar-refractivity contribution in [1.82, 2.24) is 20.5 Å². The number of nitrogens with zero attached hydrogens (tertiary/aromatic N) is 1. The molecule has 0 aliphatic carbocycles. The lowest BCUT2D eigenvalue weighted by Gasteiger charge is -2.38. The van der Waals surface area contributed by atoms with E-state index in [1.165, 1.54) is 0 Å². The van der Waals surface area contributed by atoms with E-state index in [0.29, 0.717) is 18.4 Å². The number of aromatic amines is 1. The number of hydrogen-bond donors (Lipinski definition) is 4. The van der Waals surface area contributed by atoms with Crippen LogP contribution < -0.4 is 10.6 Å². The summed E-state index contributed by atoms with van der Waals surface area (Å²) >= 11 is 0. The maximum absolute atomic E-state index is 13.9. The van der Waals surface area contributed by atoms with Gasteiger partial charge in [-0.2, -0.15) is 0 Å². The molecule has 9 heteroatoms. The van der Waals surface area contributed by atoms with Crippen molar-refractivity contribution in [3.05, 3.63) is 70.9 Å². The molecule has 3 heterocycles.